The summed E-state index contributed by atoms with van der Waals surface area (Å²) < 4.78 is 33.5. The van der Waals surface area contributed by atoms with E-state index in [1.54, 1.807) is 36.8 Å². The lowest BCUT2D eigenvalue weighted by Gasteiger charge is -2.24. The third-order valence-electron chi connectivity index (χ3n) is 5.14. The number of anilines is 1. The van der Waals surface area contributed by atoms with Crippen LogP contribution in [-0.4, -0.2) is 39.6 Å². The van der Waals surface area contributed by atoms with Gasteiger partial charge >= 0.3 is 0 Å². The Morgan fingerprint density at radius 3 is 2.45 bits per heavy atom. The van der Waals surface area contributed by atoms with Gasteiger partial charge in [0.2, 0.25) is 10.0 Å². The van der Waals surface area contributed by atoms with Crippen molar-refractivity contribution in [1.29, 1.82) is 0 Å². The molecule has 1 unspecified atom stereocenters. The highest BCUT2D eigenvalue weighted by molar-refractivity contribution is 7.89. The summed E-state index contributed by atoms with van der Waals surface area (Å²) >= 11 is 1.59. The SMILES string of the molecule is COc1ccc(-c2ccc(S(=O)(=O)NCC3CCCN3c3nccs3)cc2)cc1. The highest BCUT2D eigenvalue weighted by Crippen LogP contribution is 2.27. The number of thiazole rings is 1. The second kappa shape index (κ2) is 8.52. The number of aromatic nitrogens is 1. The van der Waals surface area contributed by atoms with Crippen LogP contribution in [0.25, 0.3) is 11.1 Å². The predicted octanol–water partition coefficient (Wildman–Crippen LogP) is 3.77. The molecule has 2 heterocycles. The maximum atomic E-state index is 12.8. The third-order valence-corrected chi connectivity index (χ3v) is 7.39. The first-order chi connectivity index (χ1) is 14.1. The molecule has 2 aromatic carbocycles. The molecule has 0 amide bonds. The summed E-state index contributed by atoms with van der Waals surface area (Å²) in [6.45, 7) is 1.29. The van der Waals surface area contributed by atoms with Crippen molar-refractivity contribution < 1.29 is 13.2 Å². The maximum Gasteiger partial charge on any atom is 0.240 e. The van der Waals surface area contributed by atoms with Crippen molar-refractivity contribution >= 4 is 26.5 Å². The van der Waals surface area contributed by atoms with Crippen LogP contribution in [0.2, 0.25) is 0 Å². The van der Waals surface area contributed by atoms with E-state index in [9.17, 15) is 8.42 Å². The van der Waals surface area contributed by atoms with E-state index < -0.39 is 10.0 Å². The number of hydrogen-bond donors (Lipinski definition) is 1. The second-order valence-corrected chi connectivity index (χ2v) is 9.55. The van der Waals surface area contributed by atoms with Crippen LogP contribution >= 0.6 is 11.3 Å². The van der Waals surface area contributed by atoms with E-state index in [2.05, 4.69) is 14.6 Å². The Bertz CT molecular complexity index is 1030. The number of nitrogens with zero attached hydrogens (tertiary/aromatic N) is 2. The zero-order valence-electron chi connectivity index (χ0n) is 16.1. The molecule has 1 N–H and O–H groups in total. The number of ether oxygens (including phenoxy) is 1. The van der Waals surface area contributed by atoms with Crippen LogP contribution in [0.15, 0.2) is 65.0 Å². The molecule has 0 aliphatic carbocycles. The Hall–Kier alpha value is -2.42. The summed E-state index contributed by atoms with van der Waals surface area (Å²) in [6, 6.07) is 14.8. The van der Waals surface area contributed by atoms with Crippen molar-refractivity contribution in [2.75, 3.05) is 25.1 Å². The molecular weight excluding hydrogens is 406 g/mol. The molecule has 1 aliphatic heterocycles. The number of hydrogen-bond acceptors (Lipinski definition) is 6. The lowest BCUT2D eigenvalue weighted by atomic mass is 10.1. The van der Waals surface area contributed by atoms with Gasteiger partial charge in [0.25, 0.3) is 0 Å². The first-order valence-corrected chi connectivity index (χ1v) is 11.8. The standard InChI is InChI=1S/C21H23N3O3S2/c1-27-19-8-4-16(5-9-19)17-6-10-20(11-7-17)29(25,26)23-15-18-3-2-13-24(18)21-22-12-14-28-21/h4-12,14,18,23H,2-3,13,15H2,1H3. The van der Waals surface area contributed by atoms with E-state index >= 15 is 0 Å². The molecule has 1 aliphatic rings. The highest BCUT2D eigenvalue weighted by atomic mass is 32.2. The van der Waals surface area contributed by atoms with Crippen LogP contribution in [0.5, 0.6) is 5.75 Å². The quantitative estimate of drug-likeness (QED) is 0.619. The topological polar surface area (TPSA) is 71.5 Å². The third kappa shape index (κ3) is 4.44. The van der Waals surface area contributed by atoms with Crippen LogP contribution in [0.1, 0.15) is 12.8 Å². The molecular formula is C21H23N3O3S2. The van der Waals surface area contributed by atoms with Gasteiger partial charge in [-0.05, 0) is 48.2 Å². The second-order valence-electron chi connectivity index (χ2n) is 6.91. The first-order valence-electron chi connectivity index (χ1n) is 9.47. The summed E-state index contributed by atoms with van der Waals surface area (Å²) in [7, 11) is -1.93. The van der Waals surface area contributed by atoms with Gasteiger partial charge < -0.3 is 9.64 Å². The van der Waals surface area contributed by atoms with Crippen molar-refractivity contribution in [2.24, 2.45) is 0 Å². The largest absolute Gasteiger partial charge is 0.497 e. The molecule has 1 saturated heterocycles. The lowest BCUT2D eigenvalue weighted by Crippen LogP contribution is -2.40. The molecule has 1 fully saturated rings. The van der Waals surface area contributed by atoms with E-state index in [0.29, 0.717) is 6.54 Å². The summed E-state index contributed by atoms with van der Waals surface area (Å²) in [5.41, 5.74) is 1.96. The zero-order valence-corrected chi connectivity index (χ0v) is 17.7. The van der Waals surface area contributed by atoms with Crippen LogP contribution in [0.3, 0.4) is 0 Å². The van der Waals surface area contributed by atoms with Crippen LogP contribution in [-0.2, 0) is 10.0 Å². The Morgan fingerprint density at radius 2 is 1.83 bits per heavy atom. The van der Waals surface area contributed by atoms with E-state index in [1.165, 1.54) is 0 Å². The fraction of sp³-hybridized carbons (Fsp3) is 0.286. The van der Waals surface area contributed by atoms with Gasteiger partial charge in [-0.3, -0.25) is 0 Å². The molecule has 8 heteroatoms. The molecule has 0 bridgehead atoms. The molecule has 4 rings (SSSR count). The van der Waals surface area contributed by atoms with Crippen molar-refractivity contribution in [3.05, 3.63) is 60.1 Å². The fourth-order valence-corrected chi connectivity index (χ4v) is 5.37. The summed E-state index contributed by atoms with van der Waals surface area (Å²) in [4.78, 5) is 6.83. The van der Waals surface area contributed by atoms with Gasteiger partial charge in [0.15, 0.2) is 5.13 Å². The average Bonchev–Trinajstić information content (AvgIpc) is 3.44. The van der Waals surface area contributed by atoms with Crippen LogP contribution in [0.4, 0.5) is 5.13 Å². The van der Waals surface area contributed by atoms with Gasteiger partial charge in [-0.1, -0.05) is 24.3 Å². The first kappa shape index (κ1) is 19.9. The minimum absolute atomic E-state index is 0.134. The normalized spacial score (nSPS) is 16.9. The van der Waals surface area contributed by atoms with Gasteiger partial charge in [-0.15, -0.1) is 11.3 Å². The van der Waals surface area contributed by atoms with E-state index in [1.807, 2.05) is 41.8 Å². The number of nitrogens with one attached hydrogen (secondary N) is 1. The zero-order chi connectivity index (χ0) is 20.3. The van der Waals surface area contributed by atoms with E-state index in [-0.39, 0.29) is 10.9 Å². The van der Waals surface area contributed by atoms with Crippen molar-refractivity contribution in [2.45, 2.75) is 23.8 Å². The lowest BCUT2D eigenvalue weighted by molar-refractivity contribution is 0.415. The van der Waals surface area contributed by atoms with Crippen LogP contribution in [0, 0.1) is 0 Å². The smallest absolute Gasteiger partial charge is 0.240 e. The Morgan fingerprint density at radius 1 is 1.14 bits per heavy atom. The molecule has 1 atom stereocenters. The number of benzene rings is 2. The molecule has 0 saturated carbocycles. The van der Waals surface area contributed by atoms with Crippen molar-refractivity contribution in [3.63, 3.8) is 0 Å². The van der Waals surface area contributed by atoms with Crippen molar-refractivity contribution in [1.82, 2.24) is 9.71 Å². The fourth-order valence-electron chi connectivity index (χ4n) is 3.56. The van der Waals surface area contributed by atoms with Gasteiger partial charge in [0.1, 0.15) is 5.75 Å². The summed E-state index contributed by atoms with van der Waals surface area (Å²) in [5.74, 6) is 0.788. The van der Waals surface area contributed by atoms with Crippen molar-refractivity contribution in [3.8, 4) is 16.9 Å². The monoisotopic (exact) mass is 429 g/mol. The molecule has 1 aromatic heterocycles. The molecule has 0 radical (unpaired) electrons. The molecule has 152 valence electrons. The van der Waals surface area contributed by atoms with Gasteiger partial charge in [-0.2, -0.15) is 0 Å². The molecule has 0 spiro atoms. The van der Waals surface area contributed by atoms with Gasteiger partial charge in [0, 0.05) is 30.7 Å². The maximum absolute atomic E-state index is 12.8. The predicted molar refractivity (Wildman–Crippen MR) is 116 cm³/mol. The van der Waals surface area contributed by atoms with Crippen LogP contribution < -0.4 is 14.4 Å². The summed E-state index contributed by atoms with van der Waals surface area (Å²) in [5, 5.41) is 2.90. The molecule has 29 heavy (non-hydrogen) atoms. The minimum Gasteiger partial charge on any atom is -0.497 e. The van der Waals surface area contributed by atoms with Gasteiger partial charge in [-0.25, -0.2) is 18.1 Å². The molecule has 6 nitrogen and oxygen atoms in total. The Labute approximate surface area is 175 Å². The number of rotatable bonds is 7. The highest BCUT2D eigenvalue weighted by Gasteiger charge is 2.28. The van der Waals surface area contributed by atoms with E-state index in [4.69, 9.17) is 4.74 Å². The number of methoxy groups -OCH3 is 1. The average molecular weight is 430 g/mol. The minimum atomic E-state index is -3.56. The Kier molecular flexibility index (Phi) is 5.84. The van der Waals surface area contributed by atoms with E-state index in [0.717, 1.165) is 41.4 Å². The Balaban J connectivity index is 1.43. The molecule has 3 aromatic rings. The summed E-state index contributed by atoms with van der Waals surface area (Å²) in [6.07, 6.45) is 3.78. The number of sulfonamides is 1. The van der Waals surface area contributed by atoms with Gasteiger partial charge in [0.05, 0.1) is 12.0 Å².